The van der Waals surface area contributed by atoms with Crippen molar-refractivity contribution in [2.75, 3.05) is 18.0 Å². The second-order valence-corrected chi connectivity index (χ2v) is 6.42. The number of pyridine rings is 1. The Labute approximate surface area is 132 Å². The molecular weight excluding hydrogens is 330 g/mol. The van der Waals surface area contributed by atoms with Gasteiger partial charge in [-0.15, -0.1) is 0 Å². The van der Waals surface area contributed by atoms with Gasteiger partial charge in [-0.3, -0.25) is 9.78 Å². The summed E-state index contributed by atoms with van der Waals surface area (Å²) in [5.41, 5.74) is 7.51. The topological polar surface area (TPSA) is 59.2 Å². The summed E-state index contributed by atoms with van der Waals surface area (Å²) in [5.74, 6) is 0.241. The molecule has 1 aliphatic rings. The highest BCUT2D eigenvalue weighted by Crippen LogP contribution is 2.32. The quantitative estimate of drug-likeness (QED) is 0.927. The Balaban J connectivity index is 1.83. The van der Waals surface area contributed by atoms with Crippen LogP contribution in [0, 0.1) is 5.92 Å². The first-order chi connectivity index (χ1) is 10.1. The zero-order chi connectivity index (χ0) is 14.8. The van der Waals surface area contributed by atoms with Gasteiger partial charge in [-0.05, 0) is 46.8 Å². The molecule has 0 saturated carbocycles. The van der Waals surface area contributed by atoms with Gasteiger partial charge in [0.25, 0.3) is 0 Å². The number of carbonyl (C=O) groups excluding carboxylic acids is 1. The standard InChI is InChI=1S/C16H18BrN3O/c17-13-3-1-2-12-14(4-7-19-16(12)13)20-8-5-11(6-9-20)10-15(18)21/h1-4,7,11H,5-6,8-10H2,(H2,18,21). The van der Waals surface area contributed by atoms with Crippen molar-refractivity contribution >= 4 is 38.4 Å². The predicted molar refractivity (Wildman–Crippen MR) is 88.2 cm³/mol. The number of aromatic nitrogens is 1. The van der Waals surface area contributed by atoms with Gasteiger partial charge in [-0.2, -0.15) is 0 Å². The van der Waals surface area contributed by atoms with E-state index in [9.17, 15) is 4.79 Å². The number of hydrogen-bond donors (Lipinski definition) is 1. The molecule has 1 amide bonds. The first-order valence-corrected chi connectivity index (χ1v) is 8.01. The number of nitrogens with two attached hydrogens (primary N) is 1. The van der Waals surface area contributed by atoms with E-state index < -0.39 is 0 Å². The summed E-state index contributed by atoms with van der Waals surface area (Å²) in [5, 5.41) is 1.17. The van der Waals surface area contributed by atoms with E-state index in [2.05, 4.69) is 37.9 Å². The molecule has 1 aromatic heterocycles. The molecule has 3 rings (SSSR count). The Morgan fingerprint density at radius 1 is 1.33 bits per heavy atom. The number of carbonyl (C=O) groups is 1. The molecule has 0 spiro atoms. The number of fused-ring (bicyclic) bond motifs is 1. The van der Waals surface area contributed by atoms with E-state index in [1.165, 1.54) is 11.1 Å². The second-order valence-electron chi connectivity index (χ2n) is 5.57. The van der Waals surface area contributed by atoms with Crippen LogP contribution in [-0.4, -0.2) is 24.0 Å². The summed E-state index contributed by atoms with van der Waals surface area (Å²) in [6, 6.07) is 8.23. The first kappa shape index (κ1) is 14.3. The van der Waals surface area contributed by atoms with Crippen molar-refractivity contribution in [3.05, 3.63) is 34.9 Å². The summed E-state index contributed by atoms with van der Waals surface area (Å²) in [6.07, 6.45) is 4.40. The number of nitrogens with zero attached hydrogens (tertiary/aromatic N) is 2. The average molecular weight is 348 g/mol. The monoisotopic (exact) mass is 347 g/mol. The Morgan fingerprint density at radius 2 is 2.10 bits per heavy atom. The molecule has 0 bridgehead atoms. The molecule has 4 nitrogen and oxygen atoms in total. The maximum absolute atomic E-state index is 11.0. The molecule has 1 aromatic carbocycles. The van der Waals surface area contributed by atoms with Gasteiger partial charge in [0.2, 0.25) is 5.91 Å². The minimum absolute atomic E-state index is 0.188. The van der Waals surface area contributed by atoms with Crippen LogP contribution in [0.3, 0.4) is 0 Å². The number of para-hydroxylation sites is 1. The van der Waals surface area contributed by atoms with Crippen molar-refractivity contribution in [1.82, 2.24) is 4.98 Å². The van der Waals surface area contributed by atoms with Crippen molar-refractivity contribution in [1.29, 1.82) is 0 Å². The maximum Gasteiger partial charge on any atom is 0.217 e. The van der Waals surface area contributed by atoms with E-state index in [0.717, 1.165) is 35.9 Å². The van der Waals surface area contributed by atoms with E-state index in [4.69, 9.17) is 5.73 Å². The zero-order valence-corrected chi connectivity index (χ0v) is 13.3. The van der Waals surface area contributed by atoms with E-state index in [0.29, 0.717) is 12.3 Å². The number of hydrogen-bond acceptors (Lipinski definition) is 3. The number of piperidine rings is 1. The molecule has 2 aromatic rings. The lowest BCUT2D eigenvalue weighted by molar-refractivity contribution is -0.119. The molecule has 2 heterocycles. The van der Waals surface area contributed by atoms with Gasteiger partial charge in [0.1, 0.15) is 0 Å². The van der Waals surface area contributed by atoms with E-state index in [1.807, 2.05) is 18.3 Å². The van der Waals surface area contributed by atoms with Crippen LogP contribution in [0.2, 0.25) is 0 Å². The van der Waals surface area contributed by atoms with Crippen molar-refractivity contribution in [3.63, 3.8) is 0 Å². The molecule has 0 unspecified atom stereocenters. The lowest BCUT2D eigenvalue weighted by atomic mass is 9.93. The normalized spacial score (nSPS) is 16.3. The highest BCUT2D eigenvalue weighted by molar-refractivity contribution is 9.10. The van der Waals surface area contributed by atoms with Crippen LogP contribution in [0.4, 0.5) is 5.69 Å². The third kappa shape index (κ3) is 3.02. The highest BCUT2D eigenvalue weighted by Gasteiger charge is 2.22. The number of amides is 1. The molecule has 1 aliphatic heterocycles. The predicted octanol–water partition coefficient (Wildman–Crippen LogP) is 3.09. The van der Waals surface area contributed by atoms with Crippen molar-refractivity contribution in [2.24, 2.45) is 11.7 Å². The van der Waals surface area contributed by atoms with Crippen molar-refractivity contribution < 1.29 is 4.79 Å². The van der Waals surface area contributed by atoms with E-state index in [1.54, 1.807) is 0 Å². The lowest BCUT2D eigenvalue weighted by Gasteiger charge is -2.33. The van der Waals surface area contributed by atoms with Gasteiger partial charge >= 0.3 is 0 Å². The third-order valence-electron chi connectivity index (χ3n) is 4.14. The maximum atomic E-state index is 11.0. The number of primary amides is 1. The van der Waals surface area contributed by atoms with Gasteiger partial charge in [-0.1, -0.05) is 12.1 Å². The van der Waals surface area contributed by atoms with Gasteiger partial charge in [0.15, 0.2) is 0 Å². The Kier molecular flexibility index (Phi) is 4.10. The fourth-order valence-corrected chi connectivity index (χ4v) is 3.53. The molecule has 1 fully saturated rings. The van der Waals surface area contributed by atoms with Gasteiger partial charge in [-0.25, -0.2) is 0 Å². The van der Waals surface area contributed by atoms with E-state index >= 15 is 0 Å². The third-order valence-corrected chi connectivity index (χ3v) is 4.78. The van der Waals surface area contributed by atoms with E-state index in [-0.39, 0.29) is 5.91 Å². The van der Waals surface area contributed by atoms with Crippen molar-refractivity contribution in [3.8, 4) is 0 Å². The lowest BCUT2D eigenvalue weighted by Crippen LogP contribution is -2.35. The summed E-state index contributed by atoms with van der Waals surface area (Å²) in [7, 11) is 0. The van der Waals surface area contributed by atoms with Crippen LogP contribution in [0.5, 0.6) is 0 Å². The zero-order valence-electron chi connectivity index (χ0n) is 11.8. The van der Waals surface area contributed by atoms with Crippen LogP contribution in [0.1, 0.15) is 19.3 Å². The number of rotatable bonds is 3. The van der Waals surface area contributed by atoms with Crippen LogP contribution in [0.15, 0.2) is 34.9 Å². The van der Waals surface area contributed by atoms with Crippen LogP contribution >= 0.6 is 15.9 Å². The molecule has 0 radical (unpaired) electrons. The molecule has 0 atom stereocenters. The number of anilines is 1. The van der Waals surface area contributed by atoms with Crippen molar-refractivity contribution in [2.45, 2.75) is 19.3 Å². The molecule has 0 aliphatic carbocycles. The smallest absolute Gasteiger partial charge is 0.217 e. The fraction of sp³-hybridized carbons (Fsp3) is 0.375. The molecule has 1 saturated heterocycles. The van der Waals surface area contributed by atoms with Gasteiger partial charge in [0.05, 0.1) is 5.52 Å². The highest BCUT2D eigenvalue weighted by atomic mass is 79.9. The summed E-state index contributed by atoms with van der Waals surface area (Å²) in [4.78, 5) is 17.9. The SMILES string of the molecule is NC(=O)CC1CCN(c2ccnc3c(Br)cccc23)CC1. The van der Waals surface area contributed by atoms with Gasteiger partial charge < -0.3 is 10.6 Å². The Bertz CT molecular complexity index is 666. The Hall–Kier alpha value is -1.62. The largest absolute Gasteiger partial charge is 0.371 e. The average Bonchev–Trinajstić information content (AvgIpc) is 2.48. The molecule has 21 heavy (non-hydrogen) atoms. The number of benzene rings is 1. The van der Waals surface area contributed by atoms with Crippen LogP contribution < -0.4 is 10.6 Å². The molecule has 2 N–H and O–H groups in total. The first-order valence-electron chi connectivity index (χ1n) is 7.21. The van der Waals surface area contributed by atoms with Crippen LogP contribution in [-0.2, 0) is 4.79 Å². The second kappa shape index (κ2) is 6.02. The summed E-state index contributed by atoms with van der Waals surface area (Å²) < 4.78 is 1.02. The number of halogens is 1. The molecule has 5 heteroatoms. The summed E-state index contributed by atoms with van der Waals surface area (Å²) >= 11 is 3.56. The minimum Gasteiger partial charge on any atom is -0.371 e. The van der Waals surface area contributed by atoms with Gasteiger partial charge in [0, 0.05) is 41.3 Å². The summed E-state index contributed by atoms with van der Waals surface area (Å²) in [6.45, 7) is 1.92. The minimum atomic E-state index is -0.188. The van der Waals surface area contributed by atoms with Crippen LogP contribution in [0.25, 0.3) is 10.9 Å². The fourth-order valence-electron chi connectivity index (χ4n) is 3.06. The Morgan fingerprint density at radius 3 is 2.81 bits per heavy atom. The molecular formula is C16H18BrN3O. The molecule has 110 valence electrons.